The lowest BCUT2D eigenvalue weighted by Crippen LogP contribution is -2.50. The average Bonchev–Trinajstić information content (AvgIpc) is 2.51. The van der Waals surface area contributed by atoms with E-state index in [9.17, 15) is 0 Å². The summed E-state index contributed by atoms with van der Waals surface area (Å²) in [6, 6.07) is 10.6. The summed E-state index contributed by atoms with van der Waals surface area (Å²) in [5.74, 6) is 5.21. The summed E-state index contributed by atoms with van der Waals surface area (Å²) in [7, 11) is 0. The Morgan fingerprint density at radius 1 is 1.09 bits per heavy atom. The van der Waals surface area contributed by atoms with Crippen molar-refractivity contribution < 1.29 is 4.84 Å². The molecule has 0 atom stereocenters. The van der Waals surface area contributed by atoms with Crippen LogP contribution in [0, 0.1) is 35.5 Å². The van der Waals surface area contributed by atoms with E-state index in [0.717, 1.165) is 23.5 Å². The molecular formula is C20H23NO. The molecule has 1 aromatic rings. The quantitative estimate of drug-likeness (QED) is 0.352. The van der Waals surface area contributed by atoms with Crippen LogP contribution < -0.4 is 0 Å². The van der Waals surface area contributed by atoms with Crippen LogP contribution in [0.2, 0.25) is 0 Å². The van der Waals surface area contributed by atoms with E-state index >= 15 is 0 Å². The Morgan fingerprint density at radius 2 is 1.68 bits per heavy atom. The largest absolute Gasteiger partial charge is 0.382 e. The molecule has 2 nitrogen and oxygen atoms in total. The van der Waals surface area contributed by atoms with Crippen molar-refractivity contribution in [3.8, 4) is 12.3 Å². The molecule has 0 amide bonds. The van der Waals surface area contributed by atoms with Crippen molar-refractivity contribution in [3.05, 3.63) is 35.9 Å². The maximum Gasteiger partial charge on any atom is 0.177 e. The molecule has 114 valence electrons. The van der Waals surface area contributed by atoms with Crippen LogP contribution in [0.25, 0.3) is 0 Å². The van der Waals surface area contributed by atoms with Crippen LogP contribution >= 0.6 is 0 Å². The normalized spacial score (nSPS) is 36.1. The molecule has 4 aliphatic carbocycles. The first-order valence-corrected chi connectivity index (χ1v) is 8.48. The molecule has 4 fully saturated rings. The zero-order valence-corrected chi connectivity index (χ0v) is 13.0. The highest BCUT2D eigenvalue weighted by Gasteiger charge is 2.53. The molecule has 0 spiro atoms. The lowest BCUT2D eigenvalue weighted by atomic mass is 9.48. The van der Waals surface area contributed by atoms with Gasteiger partial charge in [-0.15, -0.1) is 6.42 Å². The van der Waals surface area contributed by atoms with Gasteiger partial charge in [0.05, 0.1) is 5.71 Å². The molecule has 0 heterocycles. The smallest absolute Gasteiger partial charge is 0.177 e. The van der Waals surface area contributed by atoms with Gasteiger partial charge in [0.1, 0.15) is 0 Å². The maximum atomic E-state index is 5.44. The Labute approximate surface area is 132 Å². The third-order valence-electron chi connectivity index (χ3n) is 5.89. The molecule has 4 saturated carbocycles. The van der Waals surface area contributed by atoms with Gasteiger partial charge in [-0.2, -0.15) is 0 Å². The number of oxime groups is 1. The van der Waals surface area contributed by atoms with Crippen LogP contribution in [0.15, 0.2) is 35.5 Å². The molecule has 22 heavy (non-hydrogen) atoms. The van der Waals surface area contributed by atoms with Gasteiger partial charge in [0.15, 0.2) is 6.61 Å². The Kier molecular flexibility index (Phi) is 3.45. The van der Waals surface area contributed by atoms with Gasteiger partial charge in [0.25, 0.3) is 0 Å². The molecule has 0 unspecified atom stereocenters. The Bertz CT molecular complexity index is 575. The fraction of sp³-hybridized carbons (Fsp3) is 0.550. The van der Waals surface area contributed by atoms with Crippen molar-refractivity contribution in [2.45, 2.75) is 38.5 Å². The molecule has 2 heteroatoms. The molecule has 0 aliphatic heterocycles. The van der Waals surface area contributed by atoms with Crippen molar-refractivity contribution in [1.82, 2.24) is 0 Å². The first-order chi connectivity index (χ1) is 10.8. The van der Waals surface area contributed by atoms with Gasteiger partial charge in [-0.1, -0.05) is 41.4 Å². The highest BCUT2D eigenvalue weighted by molar-refractivity contribution is 6.04. The maximum absolute atomic E-state index is 5.44. The fourth-order valence-electron chi connectivity index (χ4n) is 5.59. The highest BCUT2D eigenvalue weighted by Crippen LogP contribution is 2.61. The zero-order valence-electron chi connectivity index (χ0n) is 13.0. The summed E-state index contributed by atoms with van der Waals surface area (Å²) >= 11 is 0. The van der Waals surface area contributed by atoms with Crippen molar-refractivity contribution >= 4 is 5.71 Å². The summed E-state index contributed by atoms with van der Waals surface area (Å²) in [6.07, 6.45) is 13.5. The molecule has 1 aromatic carbocycles. The molecule has 0 saturated heterocycles. The number of benzene rings is 1. The summed E-state index contributed by atoms with van der Waals surface area (Å²) in [5.41, 5.74) is 2.59. The summed E-state index contributed by atoms with van der Waals surface area (Å²) in [5, 5.41) is 4.55. The van der Waals surface area contributed by atoms with Crippen LogP contribution in [-0.4, -0.2) is 12.3 Å². The fourth-order valence-corrected chi connectivity index (χ4v) is 5.59. The number of terminal acetylenes is 1. The van der Waals surface area contributed by atoms with Gasteiger partial charge in [0.2, 0.25) is 0 Å². The summed E-state index contributed by atoms with van der Waals surface area (Å²) < 4.78 is 0. The summed E-state index contributed by atoms with van der Waals surface area (Å²) in [4.78, 5) is 5.44. The monoisotopic (exact) mass is 293 g/mol. The van der Waals surface area contributed by atoms with Crippen LogP contribution in [0.3, 0.4) is 0 Å². The standard InChI is InChI=1S/C20H23NO/c1-2-8-22-21-19(18-6-4-3-5-7-18)20-12-15-9-16(13-20)11-17(10-15)14-20/h1,3-7,15-17H,8-14H2/b21-19-. The van der Waals surface area contributed by atoms with E-state index in [1.165, 1.54) is 44.1 Å². The van der Waals surface area contributed by atoms with E-state index in [0.29, 0.717) is 0 Å². The topological polar surface area (TPSA) is 21.6 Å². The minimum Gasteiger partial charge on any atom is -0.382 e. The predicted octanol–water partition coefficient (Wildman–Crippen LogP) is 4.26. The number of hydrogen-bond acceptors (Lipinski definition) is 2. The van der Waals surface area contributed by atoms with Crippen molar-refractivity contribution in [2.75, 3.05) is 6.61 Å². The zero-order chi connectivity index (χ0) is 15.0. The van der Waals surface area contributed by atoms with Gasteiger partial charge in [0, 0.05) is 5.41 Å². The van der Waals surface area contributed by atoms with Gasteiger partial charge >= 0.3 is 0 Å². The molecule has 0 N–H and O–H groups in total. The van der Waals surface area contributed by atoms with Crippen LogP contribution in [0.1, 0.15) is 44.1 Å². The van der Waals surface area contributed by atoms with Gasteiger partial charge in [-0.05, 0) is 61.8 Å². The van der Waals surface area contributed by atoms with Gasteiger partial charge in [-0.25, -0.2) is 0 Å². The van der Waals surface area contributed by atoms with Gasteiger partial charge in [-0.3, -0.25) is 0 Å². The molecule has 0 aromatic heterocycles. The van der Waals surface area contributed by atoms with Crippen molar-refractivity contribution in [1.29, 1.82) is 0 Å². The lowest BCUT2D eigenvalue weighted by Gasteiger charge is -2.56. The first kappa shape index (κ1) is 13.9. The summed E-state index contributed by atoms with van der Waals surface area (Å²) in [6.45, 7) is 0.253. The second-order valence-electron chi connectivity index (χ2n) is 7.48. The Balaban J connectivity index is 1.71. The van der Waals surface area contributed by atoms with E-state index in [-0.39, 0.29) is 12.0 Å². The second-order valence-corrected chi connectivity index (χ2v) is 7.48. The van der Waals surface area contributed by atoms with Gasteiger partial charge < -0.3 is 4.84 Å². The van der Waals surface area contributed by atoms with Crippen molar-refractivity contribution in [3.63, 3.8) is 0 Å². The average molecular weight is 293 g/mol. The molecule has 4 aliphatic rings. The van der Waals surface area contributed by atoms with E-state index < -0.39 is 0 Å². The van der Waals surface area contributed by atoms with Crippen LogP contribution in [0.4, 0.5) is 0 Å². The number of nitrogens with zero attached hydrogens (tertiary/aromatic N) is 1. The minimum absolute atomic E-state index is 0.227. The molecule has 4 bridgehead atoms. The van der Waals surface area contributed by atoms with E-state index in [4.69, 9.17) is 11.3 Å². The number of rotatable bonds is 4. The Hall–Kier alpha value is -1.75. The first-order valence-electron chi connectivity index (χ1n) is 8.48. The Morgan fingerprint density at radius 3 is 2.23 bits per heavy atom. The minimum atomic E-state index is 0.227. The van der Waals surface area contributed by atoms with E-state index in [1.807, 2.05) is 0 Å². The second kappa shape index (κ2) is 5.47. The SMILES string of the molecule is C#CCO/N=C(/c1ccccc1)C12CC3CC(CC(C3)C1)C2. The predicted molar refractivity (Wildman–Crippen MR) is 88.4 cm³/mol. The third-order valence-corrected chi connectivity index (χ3v) is 5.89. The molecule has 5 rings (SSSR count). The van der Waals surface area contributed by atoms with E-state index in [1.54, 1.807) is 0 Å². The third kappa shape index (κ3) is 2.33. The van der Waals surface area contributed by atoms with Crippen LogP contribution in [0.5, 0.6) is 0 Å². The number of hydrogen-bond donors (Lipinski definition) is 0. The van der Waals surface area contributed by atoms with Crippen molar-refractivity contribution in [2.24, 2.45) is 28.3 Å². The molecular weight excluding hydrogens is 270 g/mol. The molecule has 0 radical (unpaired) electrons. The van der Waals surface area contributed by atoms with E-state index in [2.05, 4.69) is 41.4 Å². The lowest BCUT2D eigenvalue weighted by molar-refractivity contribution is -0.0141. The highest BCUT2D eigenvalue weighted by atomic mass is 16.6. The van der Waals surface area contributed by atoms with Crippen LogP contribution in [-0.2, 0) is 4.84 Å².